The number of likely N-dealkylation sites (tertiary alicyclic amines) is 1. The highest BCUT2D eigenvalue weighted by Crippen LogP contribution is 2.37. The quantitative estimate of drug-likeness (QED) is 0.474. The van der Waals surface area contributed by atoms with Gasteiger partial charge in [0.1, 0.15) is 0 Å². The Kier molecular flexibility index (Phi) is 6.26. The molecule has 3 heterocycles. The lowest BCUT2D eigenvalue weighted by molar-refractivity contribution is 0.102. The number of Topliss-reactive ketones (excluding diaryl/α,β-unsaturated/α-hetero) is 1. The molecule has 4 heteroatoms. The van der Waals surface area contributed by atoms with Gasteiger partial charge in [-0.25, -0.2) is 0 Å². The van der Waals surface area contributed by atoms with Crippen LogP contribution in [-0.4, -0.2) is 28.8 Å². The lowest BCUT2D eigenvalue weighted by atomic mass is 9.86. The van der Waals surface area contributed by atoms with E-state index in [1.807, 2.05) is 18.4 Å². The Morgan fingerprint density at radius 1 is 1.00 bits per heavy atom. The van der Waals surface area contributed by atoms with E-state index in [9.17, 15) is 4.79 Å². The van der Waals surface area contributed by atoms with Crippen molar-refractivity contribution in [2.75, 3.05) is 13.1 Å². The number of nitrogens with zero attached hydrogens (tertiary/aromatic N) is 2. The van der Waals surface area contributed by atoms with Crippen LogP contribution in [0.2, 0.25) is 0 Å². The number of aromatic nitrogens is 1. The largest absolute Gasteiger partial charge is 0.297 e. The Morgan fingerprint density at radius 3 is 2.47 bits per heavy atom. The van der Waals surface area contributed by atoms with E-state index >= 15 is 0 Å². The number of carbonyl (C=O) groups excluding carboxylic acids is 1. The molecule has 0 amide bonds. The summed E-state index contributed by atoms with van der Waals surface area (Å²) in [6, 6.07) is 16.9. The predicted octanol–water partition coefficient (Wildman–Crippen LogP) is 6.06. The molecule has 1 aliphatic heterocycles. The second-order valence-electron chi connectivity index (χ2n) is 8.06. The lowest BCUT2D eigenvalue weighted by Gasteiger charge is -2.30. The zero-order chi connectivity index (χ0) is 21.1. The van der Waals surface area contributed by atoms with Gasteiger partial charge in [-0.05, 0) is 73.9 Å². The summed E-state index contributed by atoms with van der Waals surface area (Å²) >= 11 is 1.55. The van der Waals surface area contributed by atoms with Crippen molar-refractivity contribution >= 4 is 22.7 Å². The molecule has 0 atom stereocenters. The van der Waals surface area contributed by atoms with E-state index in [1.54, 1.807) is 18.3 Å². The molecule has 2 aromatic heterocycles. The predicted molar refractivity (Wildman–Crippen MR) is 125 cm³/mol. The molecule has 0 aliphatic carbocycles. The number of rotatable bonds is 5. The topological polar surface area (TPSA) is 33.2 Å². The van der Waals surface area contributed by atoms with Crippen molar-refractivity contribution in [2.45, 2.75) is 40.2 Å². The van der Waals surface area contributed by atoms with Crippen molar-refractivity contribution in [3.63, 3.8) is 0 Å². The summed E-state index contributed by atoms with van der Waals surface area (Å²) in [6.45, 7) is 8.80. The third kappa shape index (κ3) is 4.45. The van der Waals surface area contributed by atoms with E-state index in [0.29, 0.717) is 0 Å². The smallest absolute Gasteiger partial charge is 0.170 e. The van der Waals surface area contributed by atoms with Crippen LogP contribution in [0, 0.1) is 13.8 Å². The van der Waals surface area contributed by atoms with Crippen LogP contribution in [0.15, 0.2) is 59.5 Å². The first kappa shape index (κ1) is 20.7. The second kappa shape index (κ2) is 9.07. The lowest BCUT2D eigenvalue weighted by Crippen LogP contribution is -2.31. The molecule has 0 spiro atoms. The first-order valence-corrected chi connectivity index (χ1v) is 11.4. The van der Waals surface area contributed by atoms with Gasteiger partial charge in [0.15, 0.2) is 5.78 Å². The molecule has 0 bridgehead atoms. The van der Waals surface area contributed by atoms with Crippen LogP contribution in [0.25, 0.3) is 5.57 Å². The number of carbonyl (C=O) groups is 1. The van der Waals surface area contributed by atoms with Crippen molar-refractivity contribution in [1.29, 1.82) is 0 Å². The maximum atomic E-state index is 12.3. The first-order chi connectivity index (χ1) is 14.5. The minimum absolute atomic E-state index is 0.148. The van der Waals surface area contributed by atoms with Gasteiger partial charge in [0, 0.05) is 30.9 Å². The molecule has 30 heavy (non-hydrogen) atoms. The molecule has 1 fully saturated rings. The zero-order valence-electron chi connectivity index (χ0n) is 17.9. The number of pyridine rings is 1. The fourth-order valence-corrected chi connectivity index (χ4v) is 5.11. The molecule has 1 aliphatic rings. The standard InChI is InChI=1S/C26H28N2OS/c1-18-7-4-5-10-23(18)25(24-13-16-30-26(24)20(3)29)21-11-14-28(15-12-21)17-22-9-6-8-19(2)27-22/h4-10,13,16H,11-12,14-15,17H2,1-3H3. The van der Waals surface area contributed by atoms with E-state index in [0.717, 1.165) is 54.3 Å². The van der Waals surface area contributed by atoms with Crippen LogP contribution in [0.5, 0.6) is 0 Å². The fourth-order valence-electron chi connectivity index (χ4n) is 4.31. The first-order valence-electron chi connectivity index (χ1n) is 10.5. The van der Waals surface area contributed by atoms with Crippen LogP contribution >= 0.6 is 11.3 Å². The summed E-state index contributed by atoms with van der Waals surface area (Å²) in [5, 5.41) is 2.05. The van der Waals surface area contributed by atoms with E-state index in [4.69, 9.17) is 0 Å². The minimum atomic E-state index is 0.148. The molecule has 1 saturated heterocycles. The molecule has 0 N–H and O–H groups in total. The van der Waals surface area contributed by atoms with Gasteiger partial charge in [0.05, 0.1) is 10.6 Å². The third-order valence-electron chi connectivity index (χ3n) is 5.81. The number of hydrogen-bond acceptors (Lipinski definition) is 4. The van der Waals surface area contributed by atoms with E-state index in [2.05, 4.69) is 59.3 Å². The monoisotopic (exact) mass is 416 g/mol. The number of ketones is 1. The summed E-state index contributed by atoms with van der Waals surface area (Å²) in [6.07, 6.45) is 2.03. The normalized spacial score (nSPS) is 14.7. The Morgan fingerprint density at radius 2 is 1.77 bits per heavy atom. The minimum Gasteiger partial charge on any atom is -0.297 e. The van der Waals surface area contributed by atoms with Crippen molar-refractivity contribution in [3.8, 4) is 0 Å². The fraction of sp³-hybridized carbons (Fsp3) is 0.308. The van der Waals surface area contributed by atoms with Crippen LogP contribution in [-0.2, 0) is 6.54 Å². The highest BCUT2D eigenvalue weighted by Gasteiger charge is 2.23. The van der Waals surface area contributed by atoms with Gasteiger partial charge in [-0.2, -0.15) is 0 Å². The van der Waals surface area contributed by atoms with Crippen molar-refractivity contribution in [3.05, 3.63) is 92.4 Å². The summed E-state index contributed by atoms with van der Waals surface area (Å²) < 4.78 is 0. The van der Waals surface area contributed by atoms with Gasteiger partial charge in [0.2, 0.25) is 0 Å². The van der Waals surface area contributed by atoms with Crippen molar-refractivity contribution in [2.24, 2.45) is 0 Å². The third-order valence-corrected chi connectivity index (χ3v) is 6.83. The van der Waals surface area contributed by atoms with Crippen LogP contribution in [0.4, 0.5) is 0 Å². The van der Waals surface area contributed by atoms with Crippen LogP contribution < -0.4 is 0 Å². The van der Waals surface area contributed by atoms with E-state index in [-0.39, 0.29) is 5.78 Å². The highest BCUT2D eigenvalue weighted by molar-refractivity contribution is 7.12. The number of aryl methyl sites for hydroxylation is 2. The van der Waals surface area contributed by atoms with Gasteiger partial charge in [-0.1, -0.05) is 35.9 Å². The molecular weight excluding hydrogens is 388 g/mol. The number of thiophene rings is 1. The number of benzene rings is 1. The summed E-state index contributed by atoms with van der Waals surface area (Å²) in [4.78, 5) is 20.3. The molecule has 154 valence electrons. The number of hydrogen-bond donors (Lipinski definition) is 0. The Balaban J connectivity index is 1.65. The van der Waals surface area contributed by atoms with Gasteiger partial charge in [-0.3, -0.25) is 14.7 Å². The van der Waals surface area contributed by atoms with Gasteiger partial charge in [0.25, 0.3) is 0 Å². The second-order valence-corrected chi connectivity index (χ2v) is 8.98. The van der Waals surface area contributed by atoms with E-state index in [1.165, 1.54) is 22.3 Å². The molecule has 0 radical (unpaired) electrons. The van der Waals surface area contributed by atoms with Crippen LogP contribution in [0.3, 0.4) is 0 Å². The van der Waals surface area contributed by atoms with Gasteiger partial charge in [-0.15, -0.1) is 11.3 Å². The highest BCUT2D eigenvalue weighted by atomic mass is 32.1. The number of piperidine rings is 1. The molecular formula is C26H28N2OS. The Hall–Kier alpha value is -2.56. The summed E-state index contributed by atoms with van der Waals surface area (Å²) in [5.41, 5.74) is 8.55. The molecule has 4 rings (SSSR count). The SMILES string of the molecule is CC(=O)c1sccc1C(=C1CCN(Cc2cccc(C)n2)CC1)c1ccccc1C. The zero-order valence-corrected chi connectivity index (χ0v) is 18.8. The van der Waals surface area contributed by atoms with E-state index < -0.39 is 0 Å². The molecule has 3 nitrogen and oxygen atoms in total. The molecule has 0 unspecified atom stereocenters. The average Bonchev–Trinajstić information content (AvgIpc) is 3.21. The average molecular weight is 417 g/mol. The Labute approximate surface area is 183 Å². The van der Waals surface area contributed by atoms with Gasteiger partial charge < -0.3 is 0 Å². The maximum absolute atomic E-state index is 12.3. The summed E-state index contributed by atoms with van der Waals surface area (Å²) in [7, 11) is 0. The summed E-state index contributed by atoms with van der Waals surface area (Å²) in [5.74, 6) is 0.148. The molecule has 1 aromatic carbocycles. The molecule has 0 saturated carbocycles. The molecule has 3 aromatic rings. The van der Waals surface area contributed by atoms with Crippen molar-refractivity contribution < 1.29 is 4.79 Å². The Bertz CT molecular complexity index is 1090. The maximum Gasteiger partial charge on any atom is 0.170 e. The van der Waals surface area contributed by atoms with Gasteiger partial charge >= 0.3 is 0 Å². The van der Waals surface area contributed by atoms with Crippen LogP contribution in [0.1, 0.15) is 57.5 Å². The van der Waals surface area contributed by atoms with Crippen molar-refractivity contribution in [1.82, 2.24) is 9.88 Å².